The number of pyridine rings is 1. The smallest absolute Gasteiger partial charge is 0.159 e. The van der Waals surface area contributed by atoms with Crippen LogP contribution in [0.2, 0.25) is 0 Å². The van der Waals surface area contributed by atoms with Crippen LogP contribution in [0.1, 0.15) is 24.6 Å². The molecule has 1 aliphatic heterocycles. The van der Waals surface area contributed by atoms with Crippen molar-refractivity contribution < 1.29 is 0 Å². The first-order valence-electron chi connectivity index (χ1n) is 7.36. The summed E-state index contributed by atoms with van der Waals surface area (Å²) in [5.74, 6) is 0.451. The minimum atomic E-state index is 0.221. The summed E-state index contributed by atoms with van der Waals surface area (Å²) in [5.41, 5.74) is 8.65. The number of aryl methyl sites for hydroxylation is 1. The van der Waals surface area contributed by atoms with Gasteiger partial charge >= 0.3 is 0 Å². The second-order valence-electron chi connectivity index (χ2n) is 5.57. The second kappa shape index (κ2) is 4.94. The van der Waals surface area contributed by atoms with Crippen molar-refractivity contribution in [1.82, 2.24) is 25.0 Å². The lowest BCUT2D eigenvalue weighted by atomic mass is 10.1. The van der Waals surface area contributed by atoms with Crippen LogP contribution in [-0.4, -0.2) is 31.5 Å². The standard InChI is InChI=1S/C15H17N7/c1-21-15-10(9-18-21)12(6-7-17-15)22-8-2-3-13(22)11-4-5-14(16)20-19-11/h4-7,9,13H,2-3,8H2,1H3,(H2,16,20). The summed E-state index contributed by atoms with van der Waals surface area (Å²) in [5, 5.41) is 13.6. The van der Waals surface area contributed by atoms with Crippen molar-refractivity contribution >= 4 is 22.5 Å². The first-order valence-corrected chi connectivity index (χ1v) is 7.36. The highest BCUT2D eigenvalue weighted by Gasteiger charge is 2.29. The fourth-order valence-corrected chi connectivity index (χ4v) is 3.18. The number of rotatable bonds is 2. The lowest BCUT2D eigenvalue weighted by Gasteiger charge is -2.26. The van der Waals surface area contributed by atoms with Gasteiger partial charge in [0.15, 0.2) is 5.65 Å². The number of hydrogen-bond donors (Lipinski definition) is 1. The molecule has 1 atom stereocenters. The molecular weight excluding hydrogens is 278 g/mol. The number of nitrogens with two attached hydrogens (primary N) is 1. The summed E-state index contributed by atoms with van der Waals surface area (Å²) in [6, 6.07) is 6.05. The van der Waals surface area contributed by atoms with Crippen LogP contribution in [0.15, 0.2) is 30.6 Å². The largest absolute Gasteiger partial charge is 0.382 e. The summed E-state index contributed by atoms with van der Waals surface area (Å²) in [6.45, 7) is 0.991. The van der Waals surface area contributed by atoms with E-state index in [1.54, 1.807) is 4.68 Å². The highest BCUT2D eigenvalue weighted by Crippen LogP contribution is 2.37. The van der Waals surface area contributed by atoms with E-state index in [4.69, 9.17) is 5.73 Å². The predicted molar refractivity (Wildman–Crippen MR) is 84.3 cm³/mol. The van der Waals surface area contributed by atoms with Crippen LogP contribution in [0.25, 0.3) is 11.0 Å². The molecule has 0 aromatic carbocycles. The van der Waals surface area contributed by atoms with Crippen LogP contribution in [-0.2, 0) is 7.05 Å². The van der Waals surface area contributed by atoms with Gasteiger partial charge in [0, 0.05) is 19.8 Å². The molecule has 4 heterocycles. The molecule has 22 heavy (non-hydrogen) atoms. The average molecular weight is 295 g/mol. The lowest BCUT2D eigenvalue weighted by molar-refractivity contribution is 0.680. The van der Waals surface area contributed by atoms with Gasteiger partial charge < -0.3 is 10.6 Å². The van der Waals surface area contributed by atoms with Gasteiger partial charge in [-0.15, -0.1) is 5.10 Å². The van der Waals surface area contributed by atoms with Crippen molar-refractivity contribution in [2.45, 2.75) is 18.9 Å². The van der Waals surface area contributed by atoms with E-state index in [0.717, 1.165) is 41.8 Å². The summed E-state index contributed by atoms with van der Waals surface area (Å²) in [7, 11) is 1.91. The van der Waals surface area contributed by atoms with E-state index in [1.807, 2.05) is 37.6 Å². The summed E-state index contributed by atoms with van der Waals surface area (Å²) < 4.78 is 1.80. The summed E-state index contributed by atoms with van der Waals surface area (Å²) >= 11 is 0. The highest BCUT2D eigenvalue weighted by atomic mass is 15.3. The van der Waals surface area contributed by atoms with Crippen molar-refractivity contribution in [3.63, 3.8) is 0 Å². The Balaban J connectivity index is 1.78. The zero-order valence-corrected chi connectivity index (χ0v) is 12.3. The Morgan fingerprint density at radius 1 is 1.23 bits per heavy atom. The average Bonchev–Trinajstić information content (AvgIpc) is 3.15. The van der Waals surface area contributed by atoms with Crippen LogP contribution in [0.5, 0.6) is 0 Å². The van der Waals surface area contributed by atoms with Gasteiger partial charge in [-0.3, -0.25) is 4.68 Å². The molecule has 0 bridgehead atoms. The molecule has 1 unspecified atom stereocenters. The van der Waals surface area contributed by atoms with Crippen LogP contribution in [0, 0.1) is 0 Å². The maximum atomic E-state index is 5.64. The van der Waals surface area contributed by atoms with Gasteiger partial charge in [0.2, 0.25) is 0 Å². The molecule has 1 saturated heterocycles. The molecule has 7 heteroatoms. The van der Waals surface area contributed by atoms with E-state index in [-0.39, 0.29) is 6.04 Å². The third kappa shape index (κ3) is 1.97. The normalized spacial score (nSPS) is 18.2. The molecule has 3 aromatic rings. The van der Waals surface area contributed by atoms with Gasteiger partial charge in [-0.2, -0.15) is 10.2 Å². The van der Waals surface area contributed by atoms with Gasteiger partial charge in [-0.05, 0) is 31.0 Å². The van der Waals surface area contributed by atoms with Crippen LogP contribution in [0.4, 0.5) is 11.5 Å². The van der Waals surface area contributed by atoms with E-state index in [2.05, 4.69) is 25.2 Å². The molecule has 2 N–H and O–H groups in total. The number of anilines is 2. The number of nitrogen functional groups attached to an aromatic ring is 1. The Bertz CT molecular complexity index is 808. The predicted octanol–water partition coefficient (Wildman–Crippen LogP) is 1.68. The molecule has 4 rings (SSSR count). The zero-order chi connectivity index (χ0) is 15.1. The molecule has 0 radical (unpaired) electrons. The first-order chi connectivity index (χ1) is 10.7. The molecule has 0 aliphatic carbocycles. The second-order valence-corrected chi connectivity index (χ2v) is 5.57. The maximum absolute atomic E-state index is 5.64. The molecule has 0 saturated carbocycles. The number of fused-ring (bicyclic) bond motifs is 1. The Labute approximate surface area is 127 Å². The molecule has 0 spiro atoms. The molecule has 7 nitrogen and oxygen atoms in total. The minimum Gasteiger partial charge on any atom is -0.382 e. The van der Waals surface area contributed by atoms with Gasteiger partial charge in [0.25, 0.3) is 0 Å². The van der Waals surface area contributed by atoms with Crippen molar-refractivity contribution in [1.29, 1.82) is 0 Å². The van der Waals surface area contributed by atoms with Crippen LogP contribution < -0.4 is 10.6 Å². The molecule has 112 valence electrons. The molecule has 1 fully saturated rings. The topological polar surface area (TPSA) is 85.8 Å². The lowest BCUT2D eigenvalue weighted by Crippen LogP contribution is -2.23. The molecule has 3 aromatic heterocycles. The van der Waals surface area contributed by atoms with Crippen LogP contribution >= 0.6 is 0 Å². The van der Waals surface area contributed by atoms with Crippen molar-refractivity contribution in [2.24, 2.45) is 7.05 Å². The first kappa shape index (κ1) is 13.0. The van der Waals surface area contributed by atoms with E-state index < -0.39 is 0 Å². The Hall–Kier alpha value is -2.70. The fourth-order valence-electron chi connectivity index (χ4n) is 3.18. The van der Waals surface area contributed by atoms with Gasteiger partial charge in [-0.25, -0.2) is 4.98 Å². The Morgan fingerprint density at radius 3 is 2.95 bits per heavy atom. The number of aromatic nitrogens is 5. The van der Waals surface area contributed by atoms with Gasteiger partial charge in [0.1, 0.15) is 5.82 Å². The number of nitrogens with zero attached hydrogens (tertiary/aromatic N) is 6. The Kier molecular flexibility index (Phi) is 2.92. The molecule has 0 amide bonds. The monoisotopic (exact) mass is 295 g/mol. The van der Waals surface area contributed by atoms with Crippen LogP contribution in [0.3, 0.4) is 0 Å². The highest BCUT2D eigenvalue weighted by molar-refractivity contribution is 5.89. The van der Waals surface area contributed by atoms with Crippen molar-refractivity contribution in [3.8, 4) is 0 Å². The number of hydrogen-bond acceptors (Lipinski definition) is 6. The molecular formula is C15H17N7. The Morgan fingerprint density at radius 2 is 2.14 bits per heavy atom. The van der Waals surface area contributed by atoms with E-state index in [9.17, 15) is 0 Å². The van der Waals surface area contributed by atoms with E-state index in [0.29, 0.717) is 5.82 Å². The van der Waals surface area contributed by atoms with Crippen molar-refractivity contribution in [3.05, 3.63) is 36.3 Å². The molecule has 1 aliphatic rings. The third-order valence-electron chi connectivity index (χ3n) is 4.22. The summed E-state index contributed by atoms with van der Waals surface area (Å²) in [6.07, 6.45) is 5.90. The third-order valence-corrected chi connectivity index (χ3v) is 4.22. The van der Waals surface area contributed by atoms with Crippen molar-refractivity contribution in [2.75, 3.05) is 17.2 Å². The minimum absolute atomic E-state index is 0.221. The fraction of sp³-hybridized carbons (Fsp3) is 0.333. The van der Waals surface area contributed by atoms with E-state index >= 15 is 0 Å². The van der Waals surface area contributed by atoms with Gasteiger partial charge in [-0.1, -0.05) is 0 Å². The SMILES string of the molecule is Cn1ncc2c(N3CCCC3c3ccc(N)nn3)ccnc21. The maximum Gasteiger partial charge on any atom is 0.159 e. The zero-order valence-electron chi connectivity index (χ0n) is 12.3. The van der Waals surface area contributed by atoms with Gasteiger partial charge in [0.05, 0.1) is 29.0 Å². The summed E-state index contributed by atoms with van der Waals surface area (Å²) in [4.78, 5) is 6.78. The quantitative estimate of drug-likeness (QED) is 0.774. The van der Waals surface area contributed by atoms with E-state index in [1.165, 1.54) is 0 Å².